The Morgan fingerprint density at radius 1 is 1.50 bits per heavy atom. The zero-order valence-electron chi connectivity index (χ0n) is 9.70. The van der Waals surface area contributed by atoms with E-state index in [1.807, 2.05) is 0 Å². The number of amides is 1. The van der Waals surface area contributed by atoms with E-state index in [1.165, 1.54) is 0 Å². The molecule has 1 aromatic heterocycles. The van der Waals surface area contributed by atoms with Crippen LogP contribution in [0.1, 0.15) is 29.8 Å². The normalized spacial score (nSPS) is 19.8. The van der Waals surface area contributed by atoms with Gasteiger partial charge in [-0.2, -0.15) is 0 Å². The predicted molar refractivity (Wildman–Crippen MR) is 59.6 cm³/mol. The lowest BCUT2D eigenvalue weighted by molar-refractivity contribution is -0.138. The molecule has 0 radical (unpaired) electrons. The summed E-state index contributed by atoms with van der Waals surface area (Å²) < 4.78 is 4.38. The quantitative estimate of drug-likeness (QED) is 0.776. The molecule has 1 aliphatic heterocycles. The molecular weight excluding hydrogens is 240 g/mol. The minimum atomic E-state index is -0.850. The van der Waals surface area contributed by atoms with Crippen molar-refractivity contribution in [3.8, 4) is 0 Å². The number of likely N-dealkylation sites (tertiary alicyclic amines) is 1. The van der Waals surface area contributed by atoms with Gasteiger partial charge in [-0.25, -0.2) is 4.63 Å². The molecule has 1 unspecified atom stereocenters. The predicted octanol–water partition coefficient (Wildman–Crippen LogP) is -0.0213. The molecule has 18 heavy (non-hydrogen) atoms. The van der Waals surface area contributed by atoms with Gasteiger partial charge in [-0.15, -0.1) is 0 Å². The van der Waals surface area contributed by atoms with Gasteiger partial charge in [0.2, 0.25) is 11.5 Å². The second-order valence-corrected chi connectivity index (χ2v) is 4.36. The van der Waals surface area contributed by atoms with E-state index in [0.717, 1.165) is 12.8 Å². The number of nitrogens with zero attached hydrogens (tertiary/aromatic N) is 3. The smallest absolute Gasteiger partial charge is 0.303 e. The number of anilines is 1. The van der Waals surface area contributed by atoms with Crippen molar-refractivity contribution < 1.29 is 19.3 Å². The summed E-state index contributed by atoms with van der Waals surface area (Å²) in [7, 11) is 0. The molecule has 1 fully saturated rings. The number of aromatic nitrogens is 2. The fraction of sp³-hybridized carbons (Fsp3) is 0.600. The average molecular weight is 254 g/mol. The van der Waals surface area contributed by atoms with Crippen molar-refractivity contribution >= 4 is 17.7 Å². The third-order valence-corrected chi connectivity index (χ3v) is 2.99. The van der Waals surface area contributed by atoms with Crippen molar-refractivity contribution in [3.63, 3.8) is 0 Å². The number of piperidine rings is 1. The van der Waals surface area contributed by atoms with E-state index in [9.17, 15) is 9.59 Å². The highest BCUT2D eigenvalue weighted by molar-refractivity contribution is 5.96. The summed E-state index contributed by atoms with van der Waals surface area (Å²) >= 11 is 0. The number of nitrogen functional groups attached to an aromatic ring is 1. The summed E-state index contributed by atoms with van der Waals surface area (Å²) in [5.41, 5.74) is 5.45. The summed E-state index contributed by atoms with van der Waals surface area (Å²) in [6, 6.07) is 0. The highest BCUT2D eigenvalue weighted by atomic mass is 16.6. The zero-order valence-corrected chi connectivity index (χ0v) is 9.70. The van der Waals surface area contributed by atoms with Gasteiger partial charge in [0, 0.05) is 19.5 Å². The molecule has 8 nitrogen and oxygen atoms in total. The molecule has 1 aliphatic rings. The van der Waals surface area contributed by atoms with Crippen LogP contribution in [-0.4, -0.2) is 45.3 Å². The minimum Gasteiger partial charge on any atom is -0.481 e. The average Bonchev–Trinajstić information content (AvgIpc) is 2.74. The topological polar surface area (TPSA) is 123 Å². The van der Waals surface area contributed by atoms with E-state index in [1.54, 1.807) is 4.90 Å². The van der Waals surface area contributed by atoms with Gasteiger partial charge < -0.3 is 15.7 Å². The van der Waals surface area contributed by atoms with E-state index in [-0.39, 0.29) is 29.8 Å². The number of carbonyl (C=O) groups excluding carboxylic acids is 1. The van der Waals surface area contributed by atoms with Gasteiger partial charge in [0.05, 0.1) is 0 Å². The maximum atomic E-state index is 12.0. The van der Waals surface area contributed by atoms with Crippen molar-refractivity contribution in [1.29, 1.82) is 0 Å². The number of nitrogens with two attached hydrogens (primary N) is 1. The molecule has 1 aromatic rings. The van der Waals surface area contributed by atoms with E-state index in [4.69, 9.17) is 10.8 Å². The van der Waals surface area contributed by atoms with Gasteiger partial charge in [0.15, 0.2) is 0 Å². The Bertz CT molecular complexity index is 458. The van der Waals surface area contributed by atoms with Gasteiger partial charge in [-0.05, 0) is 29.1 Å². The van der Waals surface area contributed by atoms with E-state index in [0.29, 0.717) is 13.1 Å². The minimum absolute atomic E-state index is 0.00836. The Morgan fingerprint density at radius 3 is 2.89 bits per heavy atom. The molecule has 8 heteroatoms. The molecule has 0 aromatic carbocycles. The number of aliphatic carboxylic acids is 1. The van der Waals surface area contributed by atoms with Crippen LogP contribution in [0.3, 0.4) is 0 Å². The molecule has 98 valence electrons. The molecule has 0 spiro atoms. The van der Waals surface area contributed by atoms with Crippen LogP contribution in [0.4, 0.5) is 5.82 Å². The number of carboxylic acids is 1. The van der Waals surface area contributed by atoms with Gasteiger partial charge in [0.25, 0.3) is 5.91 Å². The van der Waals surface area contributed by atoms with E-state index in [2.05, 4.69) is 14.9 Å². The van der Waals surface area contributed by atoms with Gasteiger partial charge >= 0.3 is 5.97 Å². The first-order valence-corrected chi connectivity index (χ1v) is 5.67. The highest BCUT2D eigenvalue weighted by Crippen LogP contribution is 2.21. The lowest BCUT2D eigenvalue weighted by atomic mass is 9.94. The maximum Gasteiger partial charge on any atom is 0.303 e. The molecule has 1 atom stereocenters. The van der Waals surface area contributed by atoms with Crippen LogP contribution in [0, 0.1) is 5.92 Å². The molecule has 1 amide bonds. The van der Waals surface area contributed by atoms with Crippen LogP contribution in [0.15, 0.2) is 4.63 Å². The van der Waals surface area contributed by atoms with E-state index < -0.39 is 5.97 Å². The standard InChI is InChI=1S/C10H14N4O4/c11-9-8(12-18-13-9)10(17)14-3-1-2-6(5-14)4-7(15)16/h6H,1-5H2,(H2,11,13)(H,15,16). The SMILES string of the molecule is Nc1nonc1C(=O)N1CCCC(CC(=O)O)C1. The lowest BCUT2D eigenvalue weighted by Crippen LogP contribution is -2.40. The van der Waals surface area contributed by atoms with Crippen LogP contribution >= 0.6 is 0 Å². The van der Waals surface area contributed by atoms with Crippen molar-refractivity contribution in [2.24, 2.45) is 5.92 Å². The number of carboxylic acid groups (broad SMARTS) is 1. The first-order valence-electron chi connectivity index (χ1n) is 5.67. The molecule has 0 aliphatic carbocycles. The molecule has 0 bridgehead atoms. The largest absolute Gasteiger partial charge is 0.481 e. The fourth-order valence-corrected chi connectivity index (χ4v) is 2.16. The molecule has 0 saturated carbocycles. The lowest BCUT2D eigenvalue weighted by Gasteiger charge is -2.31. The monoisotopic (exact) mass is 254 g/mol. The van der Waals surface area contributed by atoms with Crippen molar-refractivity contribution in [2.75, 3.05) is 18.8 Å². The van der Waals surface area contributed by atoms with Crippen LogP contribution in [0.25, 0.3) is 0 Å². The molecule has 1 saturated heterocycles. The summed E-state index contributed by atoms with van der Waals surface area (Å²) in [6.07, 6.45) is 1.65. The molecule has 2 rings (SSSR count). The highest BCUT2D eigenvalue weighted by Gasteiger charge is 2.28. The summed E-state index contributed by atoms with van der Waals surface area (Å²) in [4.78, 5) is 24.3. The first kappa shape index (κ1) is 12.3. The molecule has 3 N–H and O–H groups in total. The van der Waals surface area contributed by atoms with Gasteiger partial charge in [-0.3, -0.25) is 9.59 Å². The summed E-state index contributed by atoms with van der Waals surface area (Å²) in [6.45, 7) is 0.971. The fourth-order valence-electron chi connectivity index (χ4n) is 2.16. The van der Waals surface area contributed by atoms with Crippen LogP contribution in [0.5, 0.6) is 0 Å². The first-order chi connectivity index (χ1) is 8.58. The number of rotatable bonds is 3. The maximum absolute atomic E-state index is 12.0. The van der Waals surface area contributed by atoms with E-state index >= 15 is 0 Å². The van der Waals surface area contributed by atoms with Crippen molar-refractivity contribution in [3.05, 3.63) is 5.69 Å². The third-order valence-electron chi connectivity index (χ3n) is 2.99. The summed E-state index contributed by atoms with van der Waals surface area (Å²) in [5.74, 6) is -1.28. The Balaban J connectivity index is 2.03. The van der Waals surface area contributed by atoms with Crippen molar-refractivity contribution in [2.45, 2.75) is 19.3 Å². The Labute approximate surface area is 103 Å². The Morgan fingerprint density at radius 2 is 2.28 bits per heavy atom. The van der Waals surface area contributed by atoms with Gasteiger partial charge in [-0.1, -0.05) is 0 Å². The van der Waals surface area contributed by atoms with Crippen LogP contribution in [-0.2, 0) is 4.79 Å². The molecule has 2 heterocycles. The summed E-state index contributed by atoms with van der Waals surface area (Å²) in [5, 5.41) is 15.6. The number of carbonyl (C=O) groups is 2. The number of hydrogen-bond donors (Lipinski definition) is 2. The Hall–Kier alpha value is -2.12. The second-order valence-electron chi connectivity index (χ2n) is 4.36. The van der Waals surface area contributed by atoms with Crippen LogP contribution in [0.2, 0.25) is 0 Å². The second kappa shape index (κ2) is 5.03. The van der Waals surface area contributed by atoms with Crippen LogP contribution < -0.4 is 5.73 Å². The number of hydrogen-bond acceptors (Lipinski definition) is 6. The van der Waals surface area contributed by atoms with Gasteiger partial charge in [0.1, 0.15) is 0 Å². The molecular formula is C10H14N4O4. The Kier molecular flexibility index (Phi) is 3.45. The third kappa shape index (κ3) is 2.58. The zero-order chi connectivity index (χ0) is 13.1. The van der Waals surface area contributed by atoms with Crippen molar-refractivity contribution in [1.82, 2.24) is 15.2 Å².